The number of amides is 1. The number of aryl methyl sites for hydroxylation is 1. The number of furan rings is 1. The van der Waals surface area contributed by atoms with Gasteiger partial charge in [0.25, 0.3) is 0 Å². The quantitative estimate of drug-likeness (QED) is 0.496. The second-order valence-electron chi connectivity index (χ2n) is 5.19. The van der Waals surface area contributed by atoms with Crippen molar-refractivity contribution in [3.63, 3.8) is 0 Å². The van der Waals surface area contributed by atoms with Crippen molar-refractivity contribution in [3.05, 3.63) is 23.2 Å². The molecule has 1 aliphatic rings. The first-order chi connectivity index (χ1) is 9.15. The van der Waals surface area contributed by atoms with Gasteiger partial charge in [0.05, 0.1) is 0 Å². The molecular weight excluding hydrogens is 242 g/mol. The minimum atomic E-state index is -0.375. The Bertz CT molecular complexity index is 442. The second kappa shape index (κ2) is 6.21. The zero-order chi connectivity index (χ0) is 13.8. The molecule has 5 nitrogen and oxygen atoms in total. The molecule has 1 amide bonds. The number of hydrazine groups is 1. The van der Waals surface area contributed by atoms with Gasteiger partial charge in [-0.05, 0) is 38.8 Å². The molecule has 0 aromatic carbocycles. The van der Waals surface area contributed by atoms with Crippen molar-refractivity contribution in [2.45, 2.75) is 52.1 Å². The molecule has 0 spiro atoms. The number of nitrogens with one attached hydrogen (secondary N) is 1. The lowest BCUT2D eigenvalue weighted by atomic mass is 9.99. The highest BCUT2D eigenvalue weighted by atomic mass is 16.4. The monoisotopic (exact) mass is 265 g/mol. The predicted molar refractivity (Wildman–Crippen MR) is 73.4 cm³/mol. The van der Waals surface area contributed by atoms with Gasteiger partial charge in [0.15, 0.2) is 5.76 Å². The van der Waals surface area contributed by atoms with E-state index in [0.29, 0.717) is 11.8 Å². The van der Waals surface area contributed by atoms with Crippen LogP contribution in [0.4, 0.5) is 0 Å². The van der Waals surface area contributed by atoms with Gasteiger partial charge in [0.2, 0.25) is 0 Å². The maximum Gasteiger partial charge on any atom is 0.300 e. The van der Waals surface area contributed by atoms with Gasteiger partial charge in [0.1, 0.15) is 5.76 Å². The first kappa shape index (κ1) is 14.1. The minimum Gasteiger partial charge on any atom is -0.456 e. The van der Waals surface area contributed by atoms with Crippen LogP contribution in [-0.2, 0) is 6.54 Å². The number of nitrogen functional groups attached to an aromatic ring is 1. The van der Waals surface area contributed by atoms with E-state index < -0.39 is 0 Å². The third-order valence-electron chi connectivity index (χ3n) is 3.97. The molecule has 106 valence electrons. The first-order valence-corrected chi connectivity index (χ1v) is 7.00. The zero-order valence-electron chi connectivity index (χ0n) is 11.7. The van der Waals surface area contributed by atoms with Crippen LogP contribution in [0, 0.1) is 6.92 Å². The van der Waals surface area contributed by atoms with Gasteiger partial charge in [-0.2, -0.15) is 0 Å². The molecule has 0 radical (unpaired) electrons. The summed E-state index contributed by atoms with van der Waals surface area (Å²) in [6.45, 7) is 6.11. The van der Waals surface area contributed by atoms with Crippen LogP contribution in [-0.4, -0.2) is 23.4 Å². The highest BCUT2D eigenvalue weighted by Crippen LogP contribution is 2.24. The number of hydrogen-bond donors (Lipinski definition) is 2. The Morgan fingerprint density at radius 1 is 1.58 bits per heavy atom. The van der Waals surface area contributed by atoms with Crippen molar-refractivity contribution in [2.24, 2.45) is 5.84 Å². The fourth-order valence-electron chi connectivity index (χ4n) is 2.81. The Morgan fingerprint density at radius 3 is 3.05 bits per heavy atom. The molecule has 1 saturated heterocycles. The molecule has 1 atom stereocenters. The fraction of sp³-hybridized carbons (Fsp3) is 0.643. The smallest absolute Gasteiger partial charge is 0.300 e. The van der Waals surface area contributed by atoms with Gasteiger partial charge >= 0.3 is 5.91 Å². The molecule has 19 heavy (non-hydrogen) atoms. The van der Waals surface area contributed by atoms with E-state index in [9.17, 15) is 4.79 Å². The van der Waals surface area contributed by atoms with Crippen molar-refractivity contribution in [1.82, 2.24) is 10.3 Å². The Hall–Kier alpha value is -1.33. The molecule has 5 heteroatoms. The number of carbonyl (C=O) groups is 1. The molecule has 2 heterocycles. The van der Waals surface area contributed by atoms with Gasteiger partial charge in [-0.1, -0.05) is 13.3 Å². The van der Waals surface area contributed by atoms with Crippen LogP contribution >= 0.6 is 0 Å². The third kappa shape index (κ3) is 3.16. The van der Waals surface area contributed by atoms with Crippen molar-refractivity contribution < 1.29 is 9.21 Å². The largest absolute Gasteiger partial charge is 0.456 e. The summed E-state index contributed by atoms with van der Waals surface area (Å²) in [4.78, 5) is 13.9. The summed E-state index contributed by atoms with van der Waals surface area (Å²) >= 11 is 0. The van der Waals surface area contributed by atoms with Crippen molar-refractivity contribution >= 4 is 5.91 Å². The molecule has 1 fully saturated rings. The second-order valence-corrected chi connectivity index (χ2v) is 5.19. The molecule has 0 saturated carbocycles. The highest BCUT2D eigenvalue weighted by molar-refractivity contribution is 5.91. The predicted octanol–water partition coefficient (Wildman–Crippen LogP) is 1.96. The Labute approximate surface area is 114 Å². The molecule has 1 unspecified atom stereocenters. The lowest BCUT2D eigenvalue weighted by Crippen LogP contribution is -2.38. The molecule has 2 rings (SSSR count). The summed E-state index contributed by atoms with van der Waals surface area (Å²) in [5.74, 6) is 5.84. The number of piperidine rings is 1. The number of likely N-dealkylation sites (tertiary alicyclic amines) is 1. The Kier molecular flexibility index (Phi) is 4.61. The number of hydrogen-bond acceptors (Lipinski definition) is 4. The Balaban J connectivity index is 2.09. The van der Waals surface area contributed by atoms with Gasteiger partial charge in [-0.15, -0.1) is 0 Å². The molecule has 3 N–H and O–H groups in total. The van der Waals surface area contributed by atoms with Crippen molar-refractivity contribution in [1.29, 1.82) is 0 Å². The van der Waals surface area contributed by atoms with Crippen LogP contribution in [0.15, 0.2) is 10.5 Å². The topological polar surface area (TPSA) is 71.5 Å². The summed E-state index contributed by atoms with van der Waals surface area (Å²) in [5.41, 5.74) is 3.18. The molecule has 0 bridgehead atoms. The molecule has 1 aromatic rings. The van der Waals surface area contributed by atoms with Crippen molar-refractivity contribution in [3.8, 4) is 0 Å². The summed E-state index contributed by atoms with van der Waals surface area (Å²) < 4.78 is 5.46. The van der Waals surface area contributed by atoms with E-state index in [4.69, 9.17) is 10.3 Å². The van der Waals surface area contributed by atoms with Crippen LogP contribution in [0.2, 0.25) is 0 Å². The van der Waals surface area contributed by atoms with Gasteiger partial charge in [0, 0.05) is 18.2 Å². The summed E-state index contributed by atoms with van der Waals surface area (Å²) in [7, 11) is 0. The van der Waals surface area contributed by atoms with E-state index in [0.717, 1.165) is 24.4 Å². The zero-order valence-corrected chi connectivity index (χ0v) is 11.7. The summed E-state index contributed by atoms with van der Waals surface area (Å²) in [6.07, 6.45) is 5.01. The van der Waals surface area contributed by atoms with E-state index in [1.165, 1.54) is 25.7 Å². The maximum atomic E-state index is 11.4. The molecule has 1 aliphatic heterocycles. The first-order valence-electron chi connectivity index (χ1n) is 7.00. The standard InChI is InChI=1S/C14H23N3O2/c1-3-12-6-4-5-7-17(12)9-11-8-13(14(18)16-15)19-10(11)2/h8,12H,3-7,9,15H2,1-2H3,(H,16,18). The van der Waals surface area contributed by atoms with Crippen LogP contribution in [0.3, 0.4) is 0 Å². The van der Waals surface area contributed by atoms with E-state index >= 15 is 0 Å². The third-order valence-corrected chi connectivity index (χ3v) is 3.97. The van der Waals surface area contributed by atoms with E-state index in [-0.39, 0.29) is 5.91 Å². The SMILES string of the molecule is CCC1CCCCN1Cc1cc(C(=O)NN)oc1C. The number of nitrogens with two attached hydrogens (primary N) is 1. The lowest BCUT2D eigenvalue weighted by Gasteiger charge is -2.35. The van der Waals surface area contributed by atoms with E-state index in [1.54, 1.807) is 6.07 Å². The highest BCUT2D eigenvalue weighted by Gasteiger charge is 2.23. The van der Waals surface area contributed by atoms with Crippen LogP contribution in [0.25, 0.3) is 0 Å². The summed E-state index contributed by atoms with van der Waals surface area (Å²) in [6, 6.07) is 2.45. The molecular formula is C14H23N3O2. The fourth-order valence-corrected chi connectivity index (χ4v) is 2.81. The molecule has 1 aromatic heterocycles. The normalized spacial score (nSPS) is 20.5. The van der Waals surface area contributed by atoms with Gasteiger partial charge in [-0.25, -0.2) is 5.84 Å². The van der Waals surface area contributed by atoms with Crippen LogP contribution < -0.4 is 11.3 Å². The van der Waals surface area contributed by atoms with E-state index in [1.807, 2.05) is 6.92 Å². The average molecular weight is 265 g/mol. The van der Waals surface area contributed by atoms with Gasteiger partial charge < -0.3 is 4.42 Å². The Morgan fingerprint density at radius 2 is 2.37 bits per heavy atom. The number of carbonyl (C=O) groups excluding carboxylic acids is 1. The number of rotatable bonds is 4. The minimum absolute atomic E-state index is 0.292. The van der Waals surface area contributed by atoms with Crippen molar-refractivity contribution in [2.75, 3.05) is 6.54 Å². The molecule has 0 aliphatic carbocycles. The average Bonchev–Trinajstić information content (AvgIpc) is 2.80. The number of nitrogens with zero attached hydrogens (tertiary/aromatic N) is 1. The lowest BCUT2D eigenvalue weighted by molar-refractivity contribution is 0.0924. The summed E-state index contributed by atoms with van der Waals surface area (Å²) in [5, 5.41) is 0. The van der Waals surface area contributed by atoms with E-state index in [2.05, 4.69) is 17.2 Å². The maximum absolute atomic E-state index is 11.4. The van der Waals surface area contributed by atoms with Crippen LogP contribution in [0.1, 0.15) is 54.5 Å². The van der Waals surface area contributed by atoms with Gasteiger partial charge in [-0.3, -0.25) is 15.1 Å². The van der Waals surface area contributed by atoms with Crippen LogP contribution in [0.5, 0.6) is 0 Å².